The molecule has 0 radical (unpaired) electrons. The lowest BCUT2D eigenvalue weighted by molar-refractivity contribution is -0.116. The molecule has 0 aromatic heterocycles. The summed E-state index contributed by atoms with van der Waals surface area (Å²) in [4.78, 5) is 52.4. The molecule has 0 saturated carbocycles. The summed E-state index contributed by atoms with van der Waals surface area (Å²) in [6.07, 6.45) is 1.67. The molecule has 0 heterocycles. The Morgan fingerprint density at radius 3 is 1.90 bits per heavy atom. The number of thioether (sulfide) groups is 1. The number of fused-ring (bicyclic) bond motifs is 1. The zero-order chi connectivity index (χ0) is 34.9. The topological polar surface area (TPSA) is 125 Å². The van der Waals surface area contributed by atoms with Crippen LogP contribution in [-0.4, -0.2) is 28.8 Å². The van der Waals surface area contributed by atoms with E-state index in [1.54, 1.807) is 54.6 Å². The number of nitrogens with one attached hydrogen (secondary N) is 3. The van der Waals surface area contributed by atoms with Crippen LogP contribution in [0.4, 0.5) is 11.4 Å². The molecule has 0 saturated heterocycles. The molecule has 8 nitrogen and oxygen atoms in total. The first kappa shape index (κ1) is 33.5. The quantitative estimate of drug-likeness (QED) is 0.0806. The van der Waals surface area contributed by atoms with Gasteiger partial charge in [0.15, 0.2) is 0 Å². The Morgan fingerprint density at radius 2 is 1.20 bits per heavy atom. The van der Waals surface area contributed by atoms with Gasteiger partial charge in [0, 0.05) is 21.8 Å². The molecule has 6 aromatic carbocycles. The van der Waals surface area contributed by atoms with E-state index in [9.17, 15) is 24.3 Å². The van der Waals surface area contributed by atoms with Gasteiger partial charge in [-0.15, -0.1) is 11.8 Å². The summed E-state index contributed by atoms with van der Waals surface area (Å²) in [5, 5.41) is 19.1. The third-order valence-corrected chi connectivity index (χ3v) is 9.02. The minimum Gasteiger partial charge on any atom is -0.478 e. The average Bonchev–Trinajstić information content (AvgIpc) is 3.15. The van der Waals surface area contributed by atoms with Gasteiger partial charge in [0.05, 0.1) is 5.56 Å². The minimum absolute atomic E-state index is 0.0749. The number of carboxylic acid groups (broad SMARTS) is 1. The molecule has 0 aliphatic carbocycles. The molecule has 6 aromatic rings. The van der Waals surface area contributed by atoms with Gasteiger partial charge in [-0.2, -0.15) is 0 Å². The Hall–Kier alpha value is -6.45. The van der Waals surface area contributed by atoms with Crippen molar-refractivity contribution in [1.29, 1.82) is 0 Å². The van der Waals surface area contributed by atoms with Crippen LogP contribution in [0, 0.1) is 0 Å². The molecule has 50 heavy (non-hydrogen) atoms. The van der Waals surface area contributed by atoms with Crippen LogP contribution in [0.2, 0.25) is 0 Å². The summed E-state index contributed by atoms with van der Waals surface area (Å²) >= 11 is 1.33. The summed E-state index contributed by atoms with van der Waals surface area (Å²) in [5.41, 5.74) is 3.15. The number of hydrogen-bond donors (Lipinski definition) is 4. The van der Waals surface area contributed by atoms with E-state index in [1.807, 2.05) is 91.0 Å². The molecule has 0 aliphatic heterocycles. The Balaban J connectivity index is 1.21. The summed E-state index contributed by atoms with van der Waals surface area (Å²) < 4.78 is 0. The van der Waals surface area contributed by atoms with E-state index in [0.29, 0.717) is 16.9 Å². The smallest absolute Gasteiger partial charge is 0.335 e. The highest BCUT2D eigenvalue weighted by atomic mass is 32.2. The van der Waals surface area contributed by atoms with Gasteiger partial charge < -0.3 is 21.1 Å². The fourth-order valence-corrected chi connectivity index (χ4v) is 6.25. The molecule has 0 spiro atoms. The summed E-state index contributed by atoms with van der Waals surface area (Å²) in [6.45, 7) is 0. The van der Waals surface area contributed by atoms with Crippen molar-refractivity contribution < 1.29 is 24.3 Å². The van der Waals surface area contributed by atoms with Gasteiger partial charge in [-0.25, -0.2) is 4.79 Å². The molecule has 6 rings (SSSR count). The van der Waals surface area contributed by atoms with E-state index in [1.165, 1.54) is 23.9 Å². The molecule has 4 N–H and O–H groups in total. The lowest BCUT2D eigenvalue weighted by Crippen LogP contribution is -2.30. The maximum absolute atomic E-state index is 13.7. The van der Waals surface area contributed by atoms with Gasteiger partial charge >= 0.3 is 5.97 Å². The lowest BCUT2D eigenvalue weighted by atomic mass is 10.0. The van der Waals surface area contributed by atoms with Crippen LogP contribution in [-0.2, 0) is 9.59 Å². The van der Waals surface area contributed by atoms with Crippen molar-refractivity contribution in [3.63, 3.8) is 0 Å². The average molecular weight is 678 g/mol. The summed E-state index contributed by atoms with van der Waals surface area (Å²) in [6, 6.07) is 44.7. The van der Waals surface area contributed by atoms with E-state index < -0.39 is 23.0 Å². The SMILES string of the molecule is O=C(Nc1ccc(SC(C(=O)Nc2ccc(C(=O)O)cc2)c2ccccc2)cc1)/C(=C/c1cccc2ccccc12)NC(=O)c1ccccc1. The van der Waals surface area contributed by atoms with Crippen LogP contribution in [0.3, 0.4) is 0 Å². The number of aromatic carboxylic acids is 1. The van der Waals surface area contributed by atoms with Crippen molar-refractivity contribution in [2.24, 2.45) is 0 Å². The molecular formula is C41H31N3O5S. The predicted molar refractivity (Wildman–Crippen MR) is 198 cm³/mol. The van der Waals surface area contributed by atoms with E-state index in [0.717, 1.165) is 26.8 Å². The van der Waals surface area contributed by atoms with Gasteiger partial charge in [-0.3, -0.25) is 14.4 Å². The predicted octanol–water partition coefficient (Wildman–Crippen LogP) is 8.42. The van der Waals surface area contributed by atoms with Crippen LogP contribution in [0.15, 0.2) is 162 Å². The van der Waals surface area contributed by atoms with E-state index >= 15 is 0 Å². The number of anilines is 2. The van der Waals surface area contributed by atoms with E-state index in [4.69, 9.17) is 0 Å². The molecule has 0 bridgehead atoms. The van der Waals surface area contributed by atoms with Crippen molar-refractivity contribution in [1.82, 2.24) is 5.32 Å². The monoisotopic (exact) mass is 677 g/mol. The van der Waals surface area contributed by atoms with Gasteiger partial charge in [-0.05, 0) is 88.6 Å². The molecule has 0 fully saturated rings. The zero-order valence-electron chi connectivity index (χ0n) is 26.6. The Labute approximate surface area is 292 Å². The molecule has 1 atom stereocenters. The fraction of sp³-hybridized carbons (Fsp3) is 0.0244. The van der Waals surface area contributed by atoms with Gasteiger partial charge in [0.2, 0.25) is 5.91 Å². The summed E-state index contributed by atoms with van der Waals surface area (Å²) in [7, 11) is 0. The second-order valence-corrected chi connectivity index (χ2v) is 12.4. The number of hydrogen-bond acceptors (Lipinski definition) is 5. The van der Waals surface area contributed by atoms with Crippen LogP contribution >= 0.6 is 11.8 Å². The van der Waals surface area contributed by atoms with Crippen molar-refractivity contribution in [3.05, 3.63) is 180 Å². The normalized spacial score (nSPS) is 11.7. The standard InChI is InChI=1S/C41H31N3O5S/c45-38(29-13-5-2-6-14-29)44-36(26-31-16-9-15-27-10-7-8-17-35(27)31)39(46)42-33-22-24-34(25-23-33)50-37(28-11-3-1-4-12-28)40(47)43-32-20-18-30(19-21-32)41(48)49/h1-26,37H,(H,42,46)(H,43,47)(H,44,45)(H,48,49)/b36-26-. The number of amides is 3. The Kier molecular flexibility index (Phi) is 10.5. The van der Waals surface area contributed by atoms with E-state index in [2.05, 4.69) is 16.0 Å². The van der Waals surface area contributed by atoms with Crippen LogP contribution in [0.25, 0.3) is 16.8 Å². The van der Waals surface area contributed by atoms with Gasteiger partial charge in [0.1, 0.15) is 10.9 Å². The first-order valence-corrected chi connectivity index (χ1v) is 16.5. The van der Waals surface area contributed by atoms with Crippen LogP contribution in [0.1, 0.15) is 37.1 Å². The summed E-state index contributed by atoms with van der Waals surface area (Å²) in [5.74, 6) is -2.24. The maximum atomic E-state index is 13.7. The third-order valence-electron chi connectivity index (χ3n) is 7.76. The number of rotatable bonds is 11. The third kappa shape index (κ3) is 8.33. The van der Waals surface area contributed by atoms with E-state index in [-0.39, 0.29) is 17.2 Å². The second-order valence-electron chi connectivity index (χ2n) is 11.2. The Morgan fingerprint density at radius 1 is 0.600 bits per heavy atom. The largest absolute Gasteiger partial charge is 0.478 e. The van der Waals surface area contributed by atoms with Crippen molar-refractivity contribution in [2.45, 2.75) is 10.1 Å². The van der Waals surface area contributed by atoms with Crippen molar-refractivity contribution >= 4 is 63.7 Å². The Bertz CT molecular complexity index is 2180. The number of carbonyl (C=O) groups is 4. The number of carbonyl (C=O) groups excluding carboxylic acids is 3. The number of carboxylic acids is 1. The second kappa shape index (κ2) is 15.6. The minimum atomic E-state index is -1.05. The molecule has 246 valence electrons. The molecule has 3 amide bonds. The van der Waals surface area contributed by atoms with Crippen molar-refractivity contribution in [2.75, 3.05) is 10.6 Å². The zero-order valence-corrected chi connectivity index (χ0v) is 27.4. The van der Waals surface area contributed by atoms with Gasteiger partial charge in [-0.1, -0.05) is 91.0 Å². The molecule has 1 unspecified atom stereocenters. The first-order chi connectivity index (χ1) is 24.3. The van der Waals surface area contributed by atoms with Crippen LogP contribution in [0.5, 0.6) is 0 Å². The maximum Gasteiger partial charge on any atom is 0.335 e. The highest BCUT2D eigenvalue weighted by molar-refractivity contribution is 8.00. The highest BCUT2D eigenvalue weighted by Crippen LogP contribution is 2.37. The molecular weight excluding hydrogens is 647 g/mol. The number of benzene rings is 6. The van der Waals surface area contributed by atoms with Crippen molar-refractivity contribution in [3.8, 4) is 0 Å². The first-order valence-electron chi connectivity index (χ1n) is 15.7. The highest BCUT2D eigenvalue weighted by Gasteiger charge is 2.23. The van der Waals surface area contributed by atoms with Gasteiger partial charge in [0.25, 0.3) is 11.8 Å². The van der Waals surface area contributed by atoms with Crippen LogP contribution < -0.4 is 16.0 Å². The molecule has 0 aliphatic rings. The molecule has 9 heteroatoms. The fourth-order valence-electron chi connectivity index (χ4n) is 5.23. The lowest BCUT2D eigenvalue weighted by Gasteiger charge is -2.18.